The largest absolute Gasteiger partial charge is 0.385 e. The Labute approximate surface area is 382 Å². The highest BCUT2D eigenvalue weighted by Crippen LogP contribution is 2.20. The molecule has 0 saturated carbocycles. The Kier molecular flexibility index (Phi) is 33.1. The van der Waals surface area contributed by atoms with Gasteiger partial charge in [0.15, 0.2) is 40.3 Å². The molecule has 3 aliphatic heterocycles. The van der Waals surface area contributed by atoms with Crippen molar-refractivity contribution in [3.05, 3.63) is 0 Å². The summed E-state index contributed by atoms with van der Waals surface area (Å²) in [4.78, 5) is 67.1. The third-order valence-electron chi connectivity index (χ3n) is 10.4. The molecular formula is C44H90N8O12. The topological polar surface area (TPSA) is 376 Å². The lowest BCUT2D eigenvalue weighted by Crippen LogP contribution is -2.65. The first kappa shape index (κ1) is 65.7. The summed E-state index contributed by atoms with van der Waals surface area (Å²) in [6.07, 6.45) is 0.470. The van der Waals surface area contributed by atoms with Crippen LogP contribution in [0.1, 0.15) is 109 Å². The Morgan fingerprint density at radius 1 is 0.516 bits per heavy atom. The molecule has 20 heteroatoms. The molecule has 0 spiro atoms. The molecule has 378 valence electrons. The number of nitrogens with one attached hydrogen (secondary N) is 4. The maximum absolute atomic E-state index is 11.4. The van der Waals surface area contributed by atoms with Crippen LogP contribution in [-0.4, -0.2) is 165 Å². The number of carbonyl (C=O) groups excluding carboxylic acids is 6. The fraction of sp³-hybridized carbons (Fsp3) is 0.864. The number of hydrazine groups is 1. The normalized spacial score (nSPS) is 19.3. The second-order valence-corrected chi connectivity index (χ2v) is 18.5. The van der Waals surface area contributed by atoms with Gasteiger partial charge in [0.1, 0.15) is 29.0 Å². The van der Waals surface area contributed by atoms with Crippen LogP contribution in [0.4, 0.5) is 0 Å². The molecule has 0 aromatic heterocycles. The van der Waals surface area contributed by atoms with E-state index in [0.717, 1.165) is 6.54 Å². The molecule has 0 radical (unpaired) electrons. The minimum atomic E-state index is -1.52. The summed E-state index contributed by atoms with van der Waals surface area (Å²) in [5, 5.41) is 62.4. The van der Waals surface area contributed by atoms with Gasteiger partial charge in [-0.25, -0.2) is 0 Å². The first-order valence-electron chi connectivity index (χ1n) is 22.5. The molecule has 3 rings (SSSR count). The fourth-order valence-corrected chi connectivity index (χ4v) is 6.04. The van der Waals surface area contributed by atoms with Gasteiger partial charge in [0, 0.05) is 81.3 Å². The zero-order valence-corrected chi connectivity index (χ0v) is 41.0. The van der Waals surface area contributed by atoms with E-state index in [9.17, 15) is 54.3 Å². The monoisotopic (exact) mass is 923 g/mol. The van der Waals surface area contributed by atoms with Crippen LogP contribution < -0.4 is 44.4 Å². The maximum atomic E-state index is 11.4. The Bertz CT molecular complexity index is 1310. The van der Waals surface area contributed by atoms with Gasteiger partial charge >= 0.3 is 0 Å². The zero-order chi connectivity index (χ0) is 50.8. The SMILES string of the molecule is CC(C)C(=O)C(O)(CN)CN.CC(C)C(=O)C1(O)CCNC1.CC(C)C(=O)C1(O)CNC1.CC(C)C(=O)C1(O)CNNC1.CC(C)C(=O)[C@@H](O)CCCN.CC(C)C(=O)[C@@H](O)CCN. The third-order valence-corrected chi connectivity index (χ3v) is 10.4. The second kappa shape index (κ2) is 32.2. The Morgan fingerprint density at radius 2 is 0.875 bits per heavy atom. The molecule has 20 nitrogen and oxygen atoms in total. The van der Waals surface area contributed by atoms with E-state index in [4.69, 9.17) is 28.0 Å². The van der Waals surface area contributed by atoms with Gasteiger partial charge in [-0.2, -0.15) is 0 Å². The molecule has 3 aliphatic rings. The molecular weight excluding hydrogens is 833 g/mol. The Morgan fingerprint density at radius 3 is 1.11 bits per heavy atom. The third kappa shape index (κ3) is 23.8. The average molecular weight is 923 g/mol. The van der Waals surface area contributed by atoms with E-state index >= 15 is 0 Å². The fourth-order valence-electron chi connectivity index (χ4n) is 6.04. The number of carbonyl (C=O) groups is 6. The molecule has 0 bridgehead atoms. The standard InChI is InChI=1S/C8H15NO2.C8H17NO2.C7H14N2O2.C7H16N2O2.C7H13NO2.C7H15NO2/c1-6(2)7(10)8(11)3-4-9-5-8;1-6(2)8(11)7(10)4-3-5-9;1-5(2)6(10)7(11)3-8-9-4-7;1-5(2)6(10)7(11,3-8)4-9;1-5(2)6(9)7(10)3-8-4-7;1-5(2)7(10)6(9)3-4-8/h6,9,11H,3-5H2,1-2H3;6-7,10H,3-5,9H2,1-2H3;5,8-9,11H,3-4H2,1-2H3;5,11H,3-4,8-9H2,1-2H3;5,8,10H,3-4H2,1-2H3;5-6,9H,3-4,8H2,1-2H3/t;7-;;;;6-/m.0...0/s1. The number of ketones is 6. The molecule has 3 saturated heterocycles. The van der Waals surface area contributed by atoms with Gasteiger partial charge in [0.2, 0.25) is 0 Å². The highest BCUT2D eigenvalue weighted by Gasteiger charge is 2.43. The summed E-state index contributed by atoms with van der Waals surface area (Å²) in [5.41, 5.74) is 21.4. The molecule has 1 unspecified atom stereocenters. The van der Waals surface area contributed by atoms with Crippen molar-refractivity contribution in [3.63, 3.8) is 0 Å². The Hall–Kier alpha value is -2.54. The minimum Gasteiger partial charge on any atom is -0.385 e. The zero-order valence-electron chi connectivity index (χ0n) is 41.0. The van der Waals surface area contributed by atoms with Gasteiger partial charge in [-0.3, -0.25) is 39.6 Å². The van der Waals surface area contributed by atoms with E-state index in [-0.39, 0.29) is 83.3 Å². The summed E-state index contributed by atoms with van der Waals surface area (Å²) in [7, 11) is 0. The smallest absolute Gasteiger partial charge is 0.169 e. The summed E-state index contributed by atoms with van der Waals surface area (Å²) in [6, 6.07) is 0. The summed E-state index contributed by atoms with van der Waals surface area (Å²) in [6.45, 7) is 24.6. The quantitative estimate of drug-likeness (QED) is 0.0643. The van der Waals surface area contributed by atoms with E-state index in [2.05, 4.69) is 21.5 Å². The van der Waals surface area contributed by atoms with Crippen LogP contribution >= 0.6 is 0 Å². The maximum Gasteiger partial charge on any atom is 0.169 e. The molecule has 64 heavy (non-hydrogen) atoms. The van der Waals surface area contributed by atoms with Gasteiger partial charge < -0.3 is 64.2 Å². The number of hydrogen-bond donors (Lipinski definition) is 14. The van der Waals surface area contributed by atoms with Crippen LogP contribution in [0.3, 0.4) is 0 Å². The van der Waals surface area contributed by atoms with Gasteiger partial charge in [-0.05, 0) is 45.3 Å². The predicted octanol–water partition coefficient (Wildman–Crippen LogP) is -2.38. The number of nitrogens with two attached hydrogens (primary N) is 4. The summed E-state index contributed by atoms with van der Waals surface area (Å²) < 4.78 is 0. The van der Waals surface area contributed by atoms with Gasteiger partial charge in [0.05, 0.1) is 0 Å². The van der Waals surface area contributed by atoms with Gasteiger partial charge in [0.25, 0.3) is 0 Å². The lowest BCUT2D eigenvalue weighted by Gasteiger charge is -2.37. The predicted molar refractivity (Wildman–Crippen MR) is 247 cm³/mol. The van der Waals surface area contributed by atoms with Crippen molar-refractivity contribution >= 4 is 34.7 Å². The number of hydrogen-bond acceptors (Lipinski definition) is 20. The van der Waals surface area contributed by atoms with Crippen molar-refractivity contribution in [1.82, 2.24) is 21.5 Å². The number of aliphatic hydroxyl groups is 6. The molecule has 3 fully saturated rings. The second-order valence-electron chi connectivity index (χ2n) is 18.5. The van der Waals surface area contributed by atoms with Crippen LogP contribution in [0, 0.1) is 35.5 Å². The van der Waals surface area contributed by atoms with E-state index < -0.39 is 34.6 Å². The summed E-state index contributed by atoms with van der Waals surface area (Å²) in [5.74, 6) is -1.33. The average Bonchev–Trinajstić information content (AvgIpc) is 3.90. The van der Waals surface area contributed by atoms with Crippen molar-refractivity contribution in [2.24, 2.45) is 58.4 Å². The highest BCUT2D eigenvalue weighted by atomic mass is 16.3. The molecule has 3 atom stereocenters. The number of β-amino-alcohol motifs (C(OH)–C–C–N with tert-alkyl or cyclic N) is 3. The van der Waals surface area contributed by atoms with Crippen LogP contribution in [0.2, 0.25) is 0 Å². The highest BCUT2D eigenvalue weighted by molar-refractivity contribution is 5.91. The van der Waals surface area contributed by atoms with E-state index in [1.807, 2.05) is 13.8 Å². The summed E-state index contributed by atoms with van der Waals surface area (Å²) >= 11 is 0. The number of Topliss-reactive ketones (excluding diaryl/α,β-unsaturated/α-hetero) is 6. The first-order valence-corrected chi connectivity index (χ1v) is 22.5. The van der Waals surface area contributed by atoms with Crippen molar-refractivity contribution in [3.8, 4) is 0 Å². The van der Waals surface area contributed by atoms with Crippen LogP contribution in [0.25, 0.3) is 0 Å². The number of rotatable bonds is 19. The van der Waals surface area contributed by atoms with Gasteiger partial charge in [-0.15, -0.1) is 0 Å². The van der Waals surface area contributed by atoms with E-state index in [0.29, 0.717) is 71.5 Å². The van der Waals surface area contributed by atoms with Crippen LogP contribution in [-0.2, 0) is 28.8 Å². The lowest BCUT2D eigenvalue weighted by atomic mass is 9.86. The van der Waals surface area contributed by atoms with Crippen molar-refractivity contribution in [2.75, 3.05) is 65.4 Å². The van der Waals surface area contributed by atoms with E-state index in [1.165, 1.54) is 0 Å². The lowest BCUT2D eigenvalue weighted by molar-refractivity contribution is -0.145. The molecule has 0 aromatic rings. The Balaban J connectivity index is -0.000000698. The van der Waals surface area contributed by atoms with Crippen molar-refractivity contribution < 1.29 is 59.4 Å². The molecule has 0 aliphatic carbocycles. The van der Waals surface area contributed by atoms with Gasteiger partial charge in [-0.1, -0.05) is 83.1 Å². The molecule has 3 heterocycles. The van der Waals surface area contributed by atoms with Crippen LogP contribution in [0.15, 0.2) is 0 Å². The first-order chi connectivity index (χ1) is 29.3. The van der Waals surface area contributed by atoms with Crippen LogP contribution in [0.5, 0.6) is 0 Å². The van der Waals surface area contributed by atoms with Crippen molar-refractivity contribution in [1.29, 1.82) is 0 Å². The molecule has 0 amide bonds. The molecule has 0 aromatic carbocycles. The minimum absolute atomic E-state index is 0.0394. The number of aliphatic hydroxyl groups excluding tert-OH is 2. The molecule has 18 N–H and O–H groups in total. The van der Waals surface area contributed by atoms with E-state index in [1.54, 1.807) is 69.2 Å². The van der Waals surface area contributed by atoms with Crippen molar-refractivity contribution in [2.45, 2.75) is 143 Å².